The van der Waals surface area contributed by atoms with Crippen LogP contribution >= 0.6 is 11.6 Å². The summed E-state index contributed by atoms with van der Waals surface area (Å²) >= 11 is 6.20. The largest absolute Gasteiger partial charge is 0.383 e. The zero-order chi connectivity index (χ0) is 14.7. The van der Waals surface area contributed by atoms with Gasteiger partial charge in [-0.15, -0.1) is 0 Å². The van der Waals surface area contributed by atoms with Gasteiger partial charge >= 0.3 is 0 Å². The normalized spacial score (nSPS) is 23.1. The molecule has 0 amide bonds. The summed E-state index contributed by atoms with van der Waals surface area (Å²) < 4.78 is 6.26. The van der Waals surface area contributed by atoms with Gasteiger partial charge < -0.3 is 15.4 Å². The van der Waals surface area contributed by atoms with Crippen LogP contribution in [-0.4, -0.2) is 42.6 Å². The van der Waals surface area contributed by atoms with Gasteiger partial charge in [0.05, 0.1) is 25.0 Å². The van der Waals surface area contributed by atoms with Crippen molar-refractivity contribution in [2.45, 2.75) is 25.9 Å². The minimum Gasteiger partial charge on any atom is -0.383 e. The average Bonchev–Trinajstić information content (AvgIpc) is 2.44. The molecule has 2 atom stereocenters. The van der Waals surface area contributed by atoms with Crippen LogP contribution in [0.25, 0.3) is 0 Å². The van der Waals surface area contributed by atoms with Crippen LogP contribution in [0.2, 0.25) is 5.02 Å². The van der Waals surface area contributed by atoms with Gasteiger partial charge in [0.2, 0.25) is 0 Å². The maximum absolute atomic E-state index is 12.1. The van der Waals surface area contributed by atoms with E-state index in [4.69, 9.17) is 22.1 Å². The second-order valence-corrected chi connectivity index (χ2v) is 5.62. The highest BCUT2D eigenvalue weighted by molar-refractivity contribution is 6.33. The lowest BCUT2D eigenvalue weighted by atomic mass is 9.94. The van der Waals surface area contributed by atoms with Crippen LogP contribution in [0.5, 0.6) is 0 Å². The monoisotopic (exact) mass is 300 g/mol. The van der Waals surface area contributed by atoms with Gasteiger partial charge in [-0.3, -0.25) is 4.79 Å². The first-order valence-corrected chi connectivity index (χ1v) is 7.17. The van der Waals surface area contributed by atoms with Crippen molar-refractivity contribution in [3.05, 3.63) is 21.6 Å². The summed E-state index contributed by atoms with van der Waals surface area (Å²) in [6.07, 6.45) is 2.63. The van der Waals surface area contributed by atoms with Crippen molar-refractivity contribution >= 4 is 17.3 Å². The third-order valence-electron chi connectivity index (χ3n) is 3.83. The zero-order valence-corrected chi connectivity index (χ0v) is 12.6. The Labute approximate surface area is 123 Å². The van der Waals surface area contributed by atoms with E-state index in [1.54, 1.807) is 13.3 Å². The SMILES string of the molecule is COCCn1ncc(N2CCC(C)C(N)C2)c(Cl)c1=O. The molecule has 1 fully saturated rings. The molecule has 1 aliphatic heterocycles. The Morgan fingerprint density at radius 1 is 1.60 bits per heavy atom. The summed E-state index contributed by atoms with van der Waals surface area (Å²) in [5.74, 6) is 0.486. The van der Waals surface area contributed by atoms with Gasteiger partial charge in [-0.2, -0.15) is 5.10 Å². The average molecular weight is 301 g/mol. The Hall–Kier alpha value is -1.11. The first-order chi connectivity index (χ1) is 9.54. The molecule has 1 saturated heterocycles. The molecule has 0 bridgehead atoms. The molecule has 1 aromatic heterocycles. The van der Waals surface area contributed by atoms with Gasteiger partial charge in [0.15, 0.2) is 0 Å². The van der Waals surface area contributed by atoms with Gasteiger partial charge in [0, 0.05) is 26.2 Å². The number of hydrogen-bond acceptors (Lipinski definition) is 5. The van der Waals surface area contributed by atoms with Crippen LogP contribution in [0.1, 0.15) is 13.3 Å². The fourth-order valence-corrected chi connectivity index (χ4v) is 2.60. The maximum Gasteiger partial charge on any atom is 0.287 e. The smallest absolute Gasteiger partial charge is 0.287 e. The van der Waals surface area contributed by atoms with Crippen LogP contribution < -0.4 is 16.2 Å². The van der Waals surface area contributed by atoms with Crippen molar-refractivity contribution in [2.75, 3.05) is 31.7 Å². The minimum absolute atomic E-state index is 0.0933. The van der Waals surface area contributed by atoms with E-state index in [-0.39, 0.29) is 16.6 Å². The Morgan fingerprint density at radius 3 is 3.00 bits per heavy atom. The number of rotatable bonds is 4. The lowest BCUT2D eigenvalue weighted by molar-refractivity contribution is 0.182. The number of halogens is 1. The number of hydrogen-bond donors (Lipinski definition) is 1. The zero-order valence-electron chi connectivity index (χ0n) is 11.9. The lowest BCUT2D eigenvalue weighted by Crippen LogP contribution is -2.48. The molecule has 2 heterocycles. The minimum atomic E-state index is -0.284. The first kappa shape index (κ1) is 15.3. The van der Waals surface area contributed by atoms with Crippen molar-refractivity contribution in [2.24, 2.45) is 11.7 Å². The molecule has 112 valence electrons. The van der Waals surface area contributed by atoms with Crippen LogP contribution in [0.15, 0.2) is 11.0 Å². The van der Waals surface area contributed by atoms with Crippen molar-refractivity contribution in [3.8, 4) is 0 Å². The molecular weight excluding hydrogens is 280 g/mol. The molecule has 7 heteroatoms. The van der Waals surface area contributed by atoms with E-state index in [1.807, 2.05) is 4.90 Å². The second-order valence-electron chi connectivity index (χ2n) is 5.24. The number of nitrogens with two attached hydrogens (primary N) is 1. The van der Waals surface area contributed by atoms with Gasteiger partial charge in [-0.05, 0) is 12.3 Å². The molecule has 2 unspecified atom stereocenters. The van der Waals surface area contributed by atoms with Crippen LogP contribution in [0, 0.1) is 5.92 Å². The second kappa shape index (κ2) is 6.56. The standard InChI is InChI=1S/C13H21ClN4O2/c1-9-3-4-17(8-10(9)15)11-7-16-18(5-6-20-2)13(19)12(11)14/h7,9-10H,3-6,8,15H2,1-2H3. The first-order valence-electron chi connectivity index (χ1n) is 6.79. The maximum atomic E-state index is 12.1. The Balaban J connectivity index is 2.21. The number of piperidine rings is 1. The summed E-state index contributed by atoms with van der Waals surface area (Å²) in [5.41, 5.74) is 6.47. The highest BCUT2D eigenvalue weighted by atomic mass is 35.5. The Kier molecular flexibility index (Phi) is 5.01. The molecule has 0 aromatic carbocycles. The number of anilines is 1. The van der Waals surface area contributed by atoms with E-state index in [9.17, 15) is 4.79 Å². The number of aromatic nitrogens is 2. The quantitative estimate of drug-likeness (QED) is 0.887. The van der Waals surface area contributed by atoms with Gasteiger partial charge in [0.25, 0.3) is 5.56 Å². The van der Waals surface area contributed by atoms with E-state index in [0.29, 0.717) is 31.3 Å². The topological polar surface area (TPSA) is 73.4 Å². The predicted octanol–water partition coefficient (Wildman–Crippen LogP) is 0.717. The summed E-state index contributed by atoms with van der Waals surface area (Å²) in [5, 5.41) is 4.36. The van der Waals surface area contributed by atoms with E-state index < -0.39 is 0 Å². The van der Waals surface area contributed by atoms with Gasteiger partial charge in [0.1, 0.15) is 5.02 Å². The van der Waals surface area contributed by atoms with Gasteiger partial charge in [-0.1, -0.05) is 18.5 Å². The van der Waals surface area contributed by atoms with Crippen LogP contribution in [0.3, 0.4) is 0 Å². The van der Waals surface area contributed by atoms with Crippen LogP contribution in [-0.2, 0) is 11.3 Å². The molecule has 20 heavy (non-hydrogen) atoms. The fourth-order valence-electron chi connectivity index (χ4n) is 2.33. The fraction of sp³-hybridized carbons (Fsp3) is 0.692. The molecule has 0 radical (unpaired) electrons. The molecule has 2 rings (SSSR count). The predicted molar refractivity (Wildman–Crippen MR) is 79.4 cm³/mol. The molecule has 2 N–H and O–H groups in total. The van der Waals surface area contributed by atoms with E-state index >= 15 is 0 Å². The number of methoxy groups -OCH3 is 1. The summed E-state index contributed by atoms with van der Waals surface area (Å²) in [4.78, 5) is 14.2. The van der Waals surface area contributed by atoms with Gasteiger partial charge in [-0.25, -0.2) is 4.68 Å². The molecule has 0 aliphatic carbocycles. The highest BCUT2D eigenvalue weighted by Crippen LogP contribution is 2.26. The molecule has 1 aromatic rings. The summed E-state index contributed by atoms with van der Waals surface area (Å²) in [6.45, 7) is 4.51. The summed E-state index contributed by atoms with van der Waals surface area (Å²) in [7, 11) is 1.58. The van der Waals surface area contributed by atoms with E-state index in [2.05, 4.69) is 12.0 Å². The number of nitrogens with zero attached hydrogens (tertiary/aromatic N) is 3. The van der Waals surface area contributed by atoms with E-state index in [1.165, 1.54) is 4.68 Å². The third kappa shape index (κ3) is 3.13. The number of ether oxygens (including phenoxy) is 1. The third-order valence-corrected chi connectivity index (χ3v) is 4.19. The lowest BCUT2D eigenvalue weighted by Gasteiger charge is -2.36. The van der Waals surface area contributed by atoms with Crippen molar-refractivity contribution < 1.29 is 4.74 Å². The Bertz CT molecular complexity index is 520. The highest BCUT2D eigenvalue weighted by Gasteiger charge is 2.25. The molecule has 6 nitrogen and oxygen atoms in total. The Morgan fingerprint density at radius 2 is 2.35 bits per heavy atom. The molecular formula is C13H21ClN4O2. The molecule has 1 aliphatic rings. The summed E-state index contributed by atoms with van der Waals surface area (Å²) in [6, 6.07) is 0.0933. The van der Waals surface area contributed by atoms with Crippen LogP contribution in [0.4, 0.5) is 5.69 Å². The molecule has 0 saturated carbocycles. The van der Waals surface area contributed by atoms with Crippen molar-refractivity contribution in [1.82, 2.24) is 9.78 Å². The molecule has 0 spiro atoms. The van der Waals surface area contributed by atoms with E-state index in [0.717, 1.165) is 13.0 Å². The van der Waals surface area contributed by atoms with Crippen molar-refractivity contribution in [3.63, 3.8) is 0 Å². The van der Waals surface area contributed by atoms with Crippen molar-refractivity contribution in [1.29, 1.82) is 0 Å².